The van der Waals surface area contributed by atoms with Crippen molar-refractivity contribution in [2.75, 3.05) is 6.26 Å². The lowest BCUT2D eigenvalue weighted by atomic mass is 9.97. The second kappa shape index (κ2) is 6.36. The van der Waals surface area contributed by atoms with Crippen molar-refractivity contribution >= 4 is 9.84 Å². The number of aliphatic hydroxyl groups excluding tert-OH is 1. The van der Waals surface area contributed by atoms with Crippen molar-refractivity contribution in [2.45, 2.75) is 57.0 Å². The summed E-state index contributed by atoms with van der Waals surface area (Å²) in [4.78, 5) is 0. The van der Waals surface area contributed by atoms with E-state index in [1.807, 2.05) is 25.1 Å². The van der Waals surface area contributed by atoms with Gasteiger partial charge < -0.3 is 9.84 Å². The maximum Gasteiger partial charge on any atom is 0.150 e. The molecule has 1 N–H and O–H groups in total. The van der Waals surface area contributed by atoms with Crippen molar-refractivity contribution in [3.8, 4) is 5.75 Å². The Morgan fingerprint density at radius 2 is 2.05 bits per heavy atom. The van der Waals surface area contributed by atoms with Gasteiger partial charge in [0.1, 0.15) is 15.6 Å². The number of hydrogen-bond acceptors (Lipinski definition) is 4. The molecular weight excluding hydrogens is 288 g/mol. The quantitative estimate of drug-likeness (QED) is 0.928. The fourth-order valence-electron chi connectivity index (χ4n) is 2.84. The maximum atomic E-state index is 11.7. The van der Waals surface area contributed by atoms with E-state index >= 15 is 0 Å². The van der Waals surface area contributed by atoms with E-state index in [1.165, 1.54) is 6.26 Å². The zero-order chi connectivity index (χ0) is 15.6. The lowest BCUT2D eigenvalue weighted by Crippen LogP contribution is -2.33. The van der Waals surface area contributed by atoms with Gasteiger partial charge in [-0.2, -0.15) is 0 Å². The molecule has 118 valence electrons. The molecule has 3 atom stereocenters. The van der Waals surface area contributed by atoms with E-state index in [0.29, 0.717) is 6.42 Å². The van der Waals surface area contributed by atoms with Crippen LogP contribution >= 0.6 is 0 Å². The summed E-state index contributed by atoms with van der Waals surface area (Å²) in [6.45, 7) is 3.67. The molecule has 4 nitrogen and oxygen atoms in total. The first-order valence-electron chi connectivity index (χ1n) is 7.41. The van der Waals surface area contributed by atoms with Crippen molar-refractivity contribution in [3.63, 3.8) is 0 Å². The van der Waals surface area contributed by atoms with E-state index in [0.717, 1.165) is 36.1 Å². The Labute approximate surface area is 127 Å². The van der Waals surface area contributed by atoms with Gasteiger partial charge in [-0.15, -0.1) is 0 Å². The predicted octanol–water partition coefficient (Wildman–Crippen LogP) is 2.78. The molecule has 1 aliphatic carbocycles. The van der Waals surface area contributed by atoms with E-state index in [4.69, 9.17) is 4.74 Å². The maximum absolute atomic E-state index is 11.7. The Hall–Kier alpha value is -1.07. The van der Waals surface area contributed by atoms with Crippen molar-refractivity contribution in [1.29, 1.82) is 0 Å². The first kappa shape index (κ1) is 16.3. The summed E-state index contributed by atoms with van der Waals surface area (Å²) >= 11 is 0. The Balaban J connectivity index is 2.08. The lowest BCUT2D eigenvalue weighted by molar-refractivity contribution is 0.155. The third kappa shape index (κ3) is 4.20. The predicted molar refractivity (Wildman–Crippen MR) is 83.3 cm³/mol. The molecule has 2 rings (SSSR count). The van der Waals surface area contributed by atoms with Gasteiger partial charge in [-0.1, -0.05) is 6.07 Å². The van der Waals surface area contributed by atoms with E-state index in [-0.39, 0.29) is 11.4 Å². The van der Waals surface area contributed by atoms with Gasteiger partial charge in [-0.25, -0.2) is 8.42 Å². The van der Waals surface area contributed by atoms with Crippen molar-refractivity contribution < 1.29 is 18.3 Å². The summed E-state index contributed by atoms with van der Waals surface area (Å²) in [7, 11) is -2.99. The number of hydrogen-bond donors (Lipinski definition) is 1. The van der Waals surface area contributed by atoms with Crippen LogP contribution in [0.15, 0.2) is 18.2 Å². The summed E-state index contributed by atoms with van der Waals surface area (Å²) in [5.74, 6) is 0.776. The van der Waals surface area contributed by atoms with Gasteiger partial charge in [0.15, 0.2) is 0 Å². The van der Waals surface area contributed by atoms with Crippen molar-refractivity contribution in [1.82, 2.24) is 0 Å². The van der Waals surface area contributed by atoms with Gasteiger partial charge in [0.05, 0.1) is 17.5 Å². The zero-order valence-corrected chi connectivity index (χ0v) is 13.7. The number of aryl methyl sites for hydroxylation is 1. The molecule has 0 saturated heterocycles. The molecule has 0 bridgehead atoms. The standard InChI is InChI=1S/C16H24O4S/c1-11-9-13(12(2)17)7-8-16(11)20-14-5-4-6-15(10-14)21(3,18)19/h7-9,12,14-15,17H,4-6,10H2,1-3H3/t12-,14?,15?/m1/s1. The van der Waals surface area contributed by atoms with Gasteiger partial charge >= 0.3 is 0 Å². The highest BCUT2D eigenvalue weighted by Gasteiger charge is 2.30. The topological polar surface area (TPSA) is 63.6 Å². The highest BCUT2D eigenvalue weighted by Crippen LogP contribution is 2.30. The third-order valence-corrected chi connectivity index (χ3v) is 5.80. The molecule has 1 saturated carbocycles. The number of aliphatic hydroxyl groups is 1. The van der Waals surface area contributed by atoms with Crippen LogP contribution in [0.3, 0.4) is 0 Å². The van der Waals surface area contributed by atoms with Gasteiger partial charge in [0.25, 0.3) is 0 Å². The van der Waals surface area contributed by atoms with Gasteiger partial charge in [-0.3, -0.25) is 0 Å². The van der Waals surface area contributed by atoms with E-state index in [9.17, 15) is 13.5 Å². The SMILES string of the molecule is Cc1cc([C@@H](C)O)ccc1OC1CCCC(S(C)(=O)=O)C1. The fraction of sp³-hybridized carbons (Fsp3) is 0.625. The van der Waals surface area contributed by atoms with Crippen LogP contribution in [0.2, 0.25) is 0 Å². The van der Waals surface area contributed by atoms with Crippen LogP contribution in [-0.4, -0.2) is 31.1 Å². The molecule has 1 aliphatic rings. The van der Waals surface area contributed by atoms with Crippen LogP contribution < -0.4 is 4.74 Å². The molecule has 5 heteroatoms. The zero-order valence-electron chi connectivity index (χ0n) is 12.9. The van der Waals surface area contributed by atoms with E-state index < -0.39 is 15.9 Å². The molecule has 0 radical (unpaired) electrons. The lowest BCUT2D eigenvalue weighted by Gasteiger charge is -2.29. The van der Waals surface area contributed by atoms with Crippen LogP contribution in [0.1, 0.15) is 49.8 Å². The van der Waals surface area contributed by atoms with E-state index in [1.54, 1.807) is 6.92 Å². The smallest absolute Gasteiger partial charge is 0.150 e. The fourth-order valence-corrected chi connectivity index (χ4v) is 4.00. The van der Waals surface area contributed by atoms with Crippen LogP contribution in [0.4, 0.5) is 0 Å². The third-order valence-electron chi connectivity index (χ3n) is 4.16. The van der Waals surface area contributed by atoms with Crippen LogP contribution in [0.5, 0.6) is 5.75 Å². The number of benzene rings is 1. The number of rotatable bonds is 4. The van der Waals surface area contributed by atoms with Crippen LogP contribution in [0.25, 0.3) is 0 Å². The minimum atomic E-state index is -2.99. The minimum absolute atomic E-state index is 0.0467. The highest BCUT2D eigenvalue weighted by atomic mass is 32.2. The monoisotopic (exact) mass is 312 g/mol. The molecule has 1 aromatic carbocycles. The van der Waals surface area contributed by atoms with Gasteiger partial charge in [0, 0.05) is 12.7 Å². The van der Waals surface area contributed by atoms with Crippen LogP contribution in [0, 0.1) is 6.92 Å². The first-order chi connectivity index (χ1) is 9.77. The largest absolute Gasteiger partial charge is 0.490 e. The summed E-state index contributed by atoms with van der Waals surface area (Å²) in [5.41, 5.74) is 1.83. The Morgan fingerprint density at radius 3 is 2.62 bits per heavy atom. The van der Waals surface area contributed by atoms with Gasteiger partial charge in [-0.05, 0) is 56.4 Å². The minimum Gasteiger partial charge on any atom is -0.490 e. The normalized spacial score (nSPS) is 24.6. The molecule has 2 unspecified atom stereocenters. The molecule has 21 heavy (non-hydrogen) atoms. The van der Waals surface area contributed by atoms with Gasteiger partial charge in [0.2, 0.25) is 0 Å². The Bertz CT molecular complexity index is 592. The molecule has 0 amide bonds. The first-order valence-corrected chi connectivity index (χ1v) is 9.37. The summed E-state index contributed by atoms with van der Waals surface area (Å²) in [6.07, 6.45) is 3.84. The number of sulfone groups is 1. The molecule has 0 aliphatic heterocycles. The summed E-state index contributed by atoms with van der Waals surface area (Å²) < 4.78 is 29.4. The van der Waals surface area contributed by atoms with Crippen LogP contribution in [-0.2, 0) is 9.84 Å². The number of ether oxygens (including phenoxy) is 1. The molecule has 1 fully saturated rings. The molecule has 0 heterocycles. The van der Waals surface area contributed by atoms with Crippen molar-refractivity contribution in [2.24, 2.45) is 0 Å². The molecule has 0 aromatic heterocycles. The average Bonchev–Trinajstić information content (AvgIpc) is 2.40. The molecular formula is C16H24O4S. The Morgan fingerprint density at radius 1 is 1.33 bits per heavy atom. The van der Waals surface area contributed by atoms with Crippen molar-refractivity contribution in [3.05, 3.63) is 29.3 Å². The molecule has 0 spiro atoms. The molecule has 1 aromatic rings. The highest BCUT2D eigenvalue weighted by molar-refractivity contribution is 7.91. The average molecular weight is 312 g/mol. The summed E-state index contributed by atoms with van der Waals surface area (Å²) in [5, 5.41) is 9.29. The Kier molecular flexibility index (Phi) is 4.94. The van der Waals surface area contributed by atoms with E-state index in [2.05, 4.69) is 0 Å². The second-order valence-electron chi connectivity index (χ2n) is 6.06. The summed E-state index contributed by atoms with van der Waals surface area (Å²) in [6, 6.07) is 5.63. The second-order valence-corrected chi connectivity index (χ2v) is 8.38.